The van der Waals surface area contributed by atoms with Gasteiger partial charge < -0.3 is 23.8 Å². The van der Waals surface area contributed by atoms with Crippen LogP contribution in [0.3, 0.4) is 0 Å². The van der Waals surface area contributed by atoms with Crippen LogP contribution in [0.4, 0.5) is 5.69 Å². The normalized spacial score (nSPS) is 13.6. The van der Waals surface area contributed by atoms with E-state index in [0.717, 1.165) is 4.90 Å². The molecule has 0 fully saturated rings. The lowest BCUT2D eigenvalue weighted by Crippen LogP contribution is -2.38. The molecular weight excluding hydrogens is 424 g/mol. The second-order valence-corrected chi connectivity index (χ2v) is 7.28. The third-order valence-electron chi connectivity index (χ3n) is 4.36. The summed E-state index contributed by atoms with van der Waals surface area (Å²) in [6, 6.07) is 10.4. The molecule has 0 aliphatic carbocycles. The van der Waals surface area contributed by atoms with Gasteiger partial charge in [0.05, 0.1) is 39.1 Å². The summed E-state index contributed by atoms with van der Waals surface area (Å²) in [6.45, 7) is 0.0178. The van der Waals surface area contributed by atoms with E-state index < -0.39 is 17.9 Å². The molecule has 0 bridgehead atoms. The summed E-state index contributed by atoms with van der Waals surface area (Å²) >= 11 is 1.36. The number of nitrogens with zero attached hydrogens (tertiary/aromatic N) is 2. The molecule has 0 amide bonds. The summed E-state index contributed by atoms with van der Waals surface area (Å²) < 4.78 is 19.8. The topological polar surface area (TPSA) is 104 Å². The fraction of sp³-hybridized carbons (Fsp3) is 0.238. The number of carbonyl (C=O) groups excluding carboxylic acids is 3. The SMILES string of the molecule is COC(=O)C1=C(C(=O)OC)N(c2ccc(Sc3cc(C(=O)OC)ccn3)cc2)COC1. The van der Waals surface area contributed by atoms with Crippen molar-refractivity contribution in [3.8, 4) is 0 Å². The van der Waals surface area contributed by atoms with Crippen molar-refractivity contribution in [2.24, 2.45) is 0 Å². The number of esters is 3. The Labute approximate surface area is 182 Å². The molecule has 31 heavy (non-hydrogen) atoms. The van der Waals surface area contributed by atoms with E-state index in [1.54, 1.807) is 29.2 Å². The van der Waals surface area contributed by atoms with E-state index in [-0.39, 0.29) is 24.6 Å². The van der Waals surface area contributed by atoms with Crippen molar-refractivity contribution in [2.45, 2.75) is 9.92 Å². The molecule has 0 spiro atoms. The second kappa shape index (κ2) is 10.1. The lowest BCUT2D eigenvalue weighted by molar-refractivity contribution is -0.140. The van der Waals surface area contributed by atoms with E-state index in [1.165, 1.54) is 39.3 Å². The van der Waals surface area contributed by atoms with Crippen molar-refractivity contribution in [3.05, 3.63) is 59.4 Å². The molecule has 1 aromatic heterocycles. The summed E-state index contributed by atoms with van der Waals surface area (Å²) in [6.07, 6.45) is 1.54. The van der Waals surface area contributed by atoms with Gasteiger partial charge in [0.1, 0.15) is 17.5 Å². The van der Waals surface area contributed by atoms with Crippen LogP contribution >= 0.6 is 11.8 Å². The first kappa shape index (κ1) is 22.3. The van der Waals surface area contributed by atoms with E-state index in [1.807, 2.05) is 12.1 Å². The zero-order valence-corrected chi connectivity index (χ0v) is 17.9. The molecule has 2 heterocycles. The Morgan fingerprint density at radius 3 is 2.29 bits per heavy atom. The Bertz CT molecular complexity index is 1020. The van der Waals surface area contributed by atoms with Crippen molar-refractivity contribution >= 4 is 35.4 Å². The Morgan fingerprint density at radius 2 is 1.65 bits per heavy atom. The van der Waals surface area contributed by atoms with Crippen molar-refractivity contribution in [2.75, 3.05) is 39.6 Å². The van der Waals surface area contributed by atoms with Crippen molar-refractivity contribution in [3.63, 3.8) is 0 Å². The maximum absolute atomic E-state index is 12.4. The van der Waals surface area contributed by atoms with Gasteiger partial charge in [-0.1, -0.05) is 11.8 Å². The molecule has 2 aromatic rings. The van der Waals surface area contributed by atoms with E-state index in [2.05, 4.69) is 4.98 Å². The molecule has 0 N–H and O–H groups in total. The Balaban J connectivity index is 1.86. The Kier molecular flexibility index (Phi) is 7.27. The molecule has 0 unspecified atom stereocenters. The molecule has 0 saturated heterocycles. The number of aromatic nitrogens is 1. The monoisotopic (exact) mass is 444 g/mol. The average Bonchev–Trinajstić information content (AvgIpc) is 2.82. The first-order valence-electron chi connectivity index (χ1n) is 9.05. The quantitative estimate of drug-likeness (QED) is 0.487. The lowest BCUT2D eigenvalue weighted by atomic mass is 10.1. The van der Waals surface area contributed by atoms with E-state index >= 15 is 0 Å². The van der Waals surface area contributed by atoms with Crippen molar-refractivity contribution < 1.29 is 33.3 Å². The number of carbonyl (C=O) groups is 3. The van der Waals surface area contributed by atoms with Gasteiger partial charge in [0.15, 0.2) is 0 Å². The smallest absolute Gasteiger partial charge is 0.355 e. The fourth-order valence-electron chi connectivity index (χ4n) is 2.87. The first-order chi connectivity index (χ1) is 15.0. The van der Waals surface area contributed by atoms with Gasteiger partial charge in [-0.05, 0) is 36.4 Å². The Hall–Kier alpha value is -3.37. The molecule has 0 radical (unpaired) electrons. The van der Waals surface area contributed by atoms with Gasteiger partial charge in [-0.2, -0.15) is 0 Å². The van der Waals surface area contributed by atoms with Crippen molar-refractivity contribution in [1.29, 1.82) is 0 Å². The third-order valence-corrected chi connectivity index (χ3v) is 5.30. The first-order valence-corrected chi connectivity index (χ1v) is 9.87. The lowest BCUT2D eigenvalue weighted by Gasteiger charge is -2.31. The van der Waals surface area contributed by atoms with Crippen LogP contribution in [-0.2, 0) is 28.5 Å². The average molecular weight is 444 g/mol. The highest BCUT2D eigenvalue weighted by Gasteiger charge is 2.32. The summed E-state index contributed by atoms with van der Waals surface area (Å²) in [7, 11) is 3.80. The van der Waals surface area contributed by atoms with E-state index in [4.69, 9.17) is 18.9 Å². The number of hydrogen-bond donors (Lipinski definition) is 0. The highest BCUT2D eigenvalue weighted by molar-refractivity contribution is 7.99. The van der Waals surface area contributed by atoms with Gasteiger partial charge in [-0.3, -0.25) is 0 Å². The Morgan fingerprint density at radius 1 is 0.968 bits per heavy atom. The van der Waals surface area contributed by atoms with Crippen molar-refractivity contribution in [1.82, 2.24) is 4.98 Å². The zero-order valence-electron chi connectivity index (χ0n) is 17.1. The van der Waals surface area contributed by atoms with Gasteiger partial charge in [0.25, 0.3) is 0 Å². The van der Waals surface area contributed by atoms with Crippen LogP contribution in [0.1, 0.15) is 10.4 Å². The fourth-order valence-corrected chi connectivity index (χ4v) is 3.69. The summed E-state index contributed by atoms with van der Waals surface area (Å²) in [5, 5.41) is 0.625. The maximum Gasteiger partial charge on any atom is 0.355 e. The third kappa shape index (κ3) is 5.04. The van der Waals surface area contributed by atoms with Gasteiger partial charge in [-0.15, -0.1) is 0 Å². The number of anilines is 1. The largest absolute Gasteiger partial charge is 0.466 e. The van der Waals surface area contributed by atoms with Gasteiger partial charge in [0, 0.05) is 16.8 Å². The predicted molar refractivity (Wildman–Crippen MR) is 110 cm³/mol. The molecule has 1 aliphatic heterocycles. The van der Waals surface area contributed by atoms with Gasteiger partial charge >= 0.3 is 17.9 Å². The van der Waals surface area contributed by atoms with E-state index in [9.17, 15) is 14.4 Å². The summed E-state index contributed by atoms with van der Waals surface area (Å²) in [5.74, 6) is -1.76. The minimum atomic E-state index is -0.661. The highest BCUT2D eigenvalue weighted by atomic mass is 32.2. The number of rotatable bonds is 6. The molecule has 0 saturated carbocycles. The number of hydrogen-bond acceptors (Lipinski definition) is 10. The van der Waals surface area contributed by atoms with Crippen LogP contribution in [0.15, 0.2) is 63.8 Å². The van der Waals surface area contributed by atoms with Gasteiger partial charge in [-0.25, -0.2) is 19.4 Å². The number of methoxy groups -OCH3 is 3. The van der Waals surface area contributed by atoms with E-state index in [0.29, 0.717) is 16.3 Å². The molecule has 162 valence electrons. The summed E-state index contributed by atoms with van der Waals surface area (Å²) in [5.41, 5.74) is 1.20. The minimum Gasteiger partial charge on any atom is -0.466 e. The van der Waals surface area contributed by atoms with Crippen LogP contribution < -0.4 is 4.90 Å². The van der Waals surface area contributed by atoms with Crippen LogP contribution in [-0.4, -0.2) is 57.6 Å². The van der Waals surface area contributed by atoms with Crippen LogP contribution in [0, 0.1) is 0 Å². The maximum atomic E-state index is 12.4. The molecule has 0 atom stereocenters. The molecular formula is C21H20N2O7S. The second-order valence-electron chi connectivity index (χ2n) is 6.19. The molecule has 9 nitrogen and oxygen atoms in total. The molecule has 10 heteroatoms. The summed E-state index contributed by atoms with van der Waals surface area (Å²) in [4.78, 5) is 42.8. The molecule has 3 rings (SSSR count). The number of benzene rings is 1. The number of ether oxygens (including phenoxy) is 4. The zero-order chi connectivity index (χ0) is 22.4. The van der Waals surface area contributed by atoms with Gasteiger partial charge in [0.2, 0.25) is 0 Å². The molecule has 1 aliphatic rings. The van der Waals surface area contributed by atoms with Crippen LogP contribution in [0.25, 0.3) is 0 Å². The minimum absolute atomic E-state index is 0.0518. The van der Waals surface area contributed by atoms with Crippen LogP contribution in [0.5, 0.6) is 0 Å². The molecule has 1 aromatic carbocycles. The predicted octanol–water partition coefficient (Wildman–Crippen LogP) is 2.41. The highest BCUT2D eigenvalue weighted by Crippen LogP contribution is 2.31. The number of pyridine rings is 1. The van der Waals surface area contributed by atoms with Crippen LogP contribution in [0.2, 0.25) is 0 Å². The standard InChI is InChI=1S/C21H20N2O7S/c1-27-19(24)13-8-9-22-17(10-13)31-15-6-4-14(5-7-15)23-12-30-11-16(20(25)28-2)18(23)21(26)29-3/h4-10H,11-12H2,1-3H3.